The Morgan fingerprint density at radius 3 is 2.64 bits per heavy atom. The third kappa shape index (κ3) is 1.52. The number of para-hydroxylation sites is 1. The maximum absolute atomic E-state index is 8.36. The van der Waals surface area contributed by atoms with E-state index in [9.17, 15) is 0 Å². The van der Waals surface area contributed by atoms with Crippen molar-refractivity contribution < 1.29 is 0 Å². The number of hydrogen-bond donors (Lipinski definition) is 2. The fraction of sp³-hybridized carbons (Fsp3) is 0.150. The molecule has 0 aliphatic heterocycles. The minimum Gasteiger partial charge on any atom is -0.355 e. The maximum Gasteiger partial charge on any atom is 0.0467 e. The number of aromatic amines is 1. The molecule has 2 aliphatic rings. The second kappa shape index (κ2) is 4.20. The van der Waals surface area contributed by atoms with Crippen molar-refractivity contribution in [2.45, 2.75) is 12.3 Å². The van der Waals surface area contributed by atoms with Gasteiger partial charge in [0.2, 0.25) is 0 Å². The summed E-state index contributed by atoms with van der Waals surface area (Å²) in [4.78, 5) is 3.51. The molecule has 0 radical (unpaired) electrons. The molecule has 2 aromatic carbocycles. The summed E-state index contributed by atoms with van der Waals surface area (Å²) in [5, 5.41) is 10.9. The first-order chi connectivity index (χ1) is 10.8. The standard InChI is InChI=1S/C20H16N2/c21-18-9-12-10-20-17(15-7-3-4-8-19(15)22-20)11-16(12)13-5-1-2-6-14(13)18/h1-8,10-11,13-14,21-22H,9H2. The fourth-order valence-corrected chi connectivity index (χ4v) is 3.98. The van der Waals surface area contributed by atoms with Crippen LogP contribution in [0.15, 0.2) is 60.7 Å². The van der Waals surface area contributed by atoms with Crippen LogP contribution in [0, 0.1) is 11.3 Å². The van der Waals surface area contributed by atoms with Gasteiger partial charge in [-0.15, -0.1) is 0 Å². The predicted molar refractivity (Wildman–Crippen MR) is 91.7 cm³/mol. The van der Waals surface area contributed by atoms with Crippen molar-refractivity contribution in [2.24, 2.45) is 5.92 Å². The highest BCUT2D eigenvalue weighted by molar-refractivity contribution is 6.08. The van der Waals surface area contributed by atoms with Crippen LogP contribution in [0.3, 0.4) is 0 Å². The van der Waals surface area contributed by atoms with E-state index in [1.807, 2.05) is 0 Å². The monoisotopic (exact) mass is 284 g/mol. The molecular weight excluding hydrogens is 268 g/mol. The van der Waals surface area contributed by atoms with E-state index in [1.54, 1.807) is 0 Å². The first kappa shape index (κ1) is 12.0. The average Bonchev–Trinajstić information content (AvgIpc) is 2.91. The average molecular weight is 284 g/mol. The Bertz CT molecular complexity index is 988. The van der Waals surface area contributed by atoms with Crippen LogP contribution >= 0.6 is 0 Å². The Morgan fingerprint density at radius 1 is 0.909 bits per heavy atom. The molecule has 3 aromatic rings. The Kier molecular flexibility index (Phi) is 2.29. The molecule has 0 spiro atoms. The zero-order chi connectivity index (χ0) is 14.7. The normalized spacial score (nSPS) is 23.0. The summed E-state index contributed by atoms with van der Waals surface area (Å²) in [6, 6.07) is 13.1. The maximum atomic E-state index is 8.36. The van der Waals surface area contributed by atoms with Crippen molar-refractivity contribution in [3.63, 3.8) is 0 Å². The summed E-state index contributed by atoms with van der Waals surface area (Å²) in [6.07, 6.45) is 9.38. The number of H-pyrrole nitrogens is 1. The summed E-state index contributed by atoms with van der Waals surface area (Å²) in [5.74, 6) is 0.555. The smallest absolute Gasteiger partial charge is 0.0467 e. The fourth-order valence-electron chi connectivity index (χ4n) is 3.98. The Labute approximate surface area is 128 Å². The first-order valence-electron chi connectivity index (χ1n) is 7.77. The van der Waals surface area contributed by atoms with E-state index in [0.717, 1.165) is 12.1 Å². The second-order valence-electron chi connectivity index (χ2n) is 6.29. The third-order valence-corrected chi connectivity index (χ3v) is 5.04. The van der Waals surface area contributed by atoms with Crippen molar-refractivity contribution in [2.75, 3.05) is 0 Å². The van der Waals surface area contributed by atoms with Crippen LogP contribution in [-0.2, 0) is 6.42 Å². The number of benzene rings is 2. The lowest BCUT2D eigenvalue weighted by molar-refractivity contribution is 0.693. The zero-order valence-electron chi connectivity index (χ0n) is 12.1. The van der Waals surface area contributed by atoms with Gasteiger partial charge in [0.25, 0.3) is 0 Å². The number of rotatable bonds is 0. The molecule has 0 amide bonds. The molecule has 1 aromatic heterocycles. The largest absolute Gasteiger partial charge is 0.355 e. The van der Waals surface area contributed by atoms with Crippen LogP contribution in [-0.4, -0.2) is 10.7 Å². The van der Waals surface area contributed by atoms with Gasteiger partial charge in [0, 0.05) is 45.8 Å². The van der Waals surface area contributed by atoms with E-state index in [0.29, 0.717) is 5.92 Å². The quantitative estimate of drug-likeness (QED) is 0.599. The summed E-state index contributed by atoms with van der Waals surface area (Å²) in [7, 11) is 0. The van der Waals surface area contributed by atoms with Gasteiger partial charge >= 0.3 is 0 Å². The van der Waals surface area contributed by atoms with Gasteiger partial charge in [-0.05, 0) is 29.3 Å². The van der Waals surface area contributed by atoms with Crippen LogP contribution in [0.25, 0.3) is 21.8 Å². The van der Waals surface area contributed by atoms with Crippen LogP contribution in [0.4, 0.5) is 0 Å². The third-order valence-electron chi connectivity index (χ3n) is 5.04. The molecule has 2 heteroatoms. The van der Waals surface area contributed by atoms with E-state index in [2.05, 4.69) is 65.7 Å². The van der Waals surface area contributed by atoms with Gasteiger partial charge in [-0.2, -0.15) is 0 Å². The summed E-state index contributed by atoms with van der Waals surface area (Å²) < 4.78 is 0. The van der Waals surface area contributed by atoms with E-state index < -0.39 is 0 Å². The molecule has 1 heterocycles. The molecule has 2 atom stereocenters. The zero-order valence-corrected chi connectivity index (χ0v) is 12.1. The summed E-state index contributed by atoms with van der Waals surface area (Å²) in [5.41, 5.74) is 5.88. The van der Waals surface area contributed by atoms with Gasteiger partial charge in [-0.1, -0.05) is 42.5 Å². The van der Waals surface area contributed by atoms with Crippen molar-refractivity contribution in [3.05, 3.63) is 71.8 Å². The molecule has 5 rings (SSSR count). The topological polar surface area (TPSA) is 39.6 Å². The number of fused-ring (bicyclic) bond motifs is 6. The number of nitrogens with one attached hydrogen (secondary N) is 2. The van der Waals surface area contributed by atoms with Gasteiger partial charge in [0.1, 0.15) is 0 Å². The van der Waals surface area contributed by atoms with Crippen LogP contribution in [0.2, 0.25) is 0 Å². The lowest BCUT2D eigenvalue weighted by atomic mass is 9.72. The van der Waals surface area contributed by atoms with Gasteiger partial charge in [-0.3, -0.25) is 0 Å². The lowest BCUT2D eigenvalue weighted by Crippen LogP contribution is -2.28. The molecule has 2 aliphatic carbocycles. The Balaban J connectivity index is 1.82. The van der Waals surface area contributed by atoms with Crippen LogP contribution in [0.1, 0.15) is 17.0 Å². The van der Waals surface area contributed by atoms with Gasteiger partial charge in [-0.25, -0.2) is 0 Å². The van der Waals surface area contributed by atoms with Crippen molar-refractivity contribution in [1.29, 1.82) is 5.41 Å². The molecule has 0 fully saturated rings. The molecule has 0 bridgehead atoms. The highest BCUT2D eigenvalue weighted by Crippen LogP contribution is 2.41. The molecule has 2 unspecified atom stereocenters. The van der Waals surface area contributed by atoms with Crippen LogP contribution in [0.5, 0.6) is 0 Å². The number of aromatic nitrogens is 1. The number of allylic oxidation sites excluding steroid dienone is 4. The van der Waals surface area contributed by atoms with Crippen molar-refractivity contribution >= 4 is 27.5 Å². The molecule has 2 N–H and O–H groups in total. The van der Waals surface area contributed by atoms with E-state index in [-0.39, 0.29) is 5.92 Å². The summed E-state index contributed by atoms with van der Waals surface area (Å²) in [6.45, 7) is 0. The first-order valence-corrected chi connectivity index (χ1v) is 7.77. The lowest BCUT2D eigenvalue weighted by Gasteiger charge is -2.32. The Morgan fingerprint density at radius 2 is 1.73 bits per heavy atom. The van der Waals surface area contributed by atoms with Crippen LogP contribution < -0.4 is 0 Å². The molecule has 106 valence electrons. The second-order valence-corrected chi connectivity index (χ2v) is 6.29. The highest BCUT2D eigenvalue weighted by Gasteiger charge is 2.31. The minimum atomic E-state index is 0.236. The molecular formula is C20H16N2. The SMILES string of the molecule is N=C1Cc2cc3[nH]c4ccccc4c3cc2C2C=CC=CC12. The molecule has 22 heavy (non-hydrogen) atoms. The van der Waals surface area contributed by atoms with Gasteiger partial charge in [0.05, 0.1) is 0 Å². The molecule has 0 saturated heterocycles. The van der Waals surface area contributed by atoms with E-state index in [4.69, 9.17) is 5.41 Å². The minimum absolute atomic E-state index is 0.236. The van der Waals surface area contributed by atoms with Gasteiger partial charge in [0.15, 0.2) is 0 Å². The van der Waals surface area contributed by atoms with Crippen molar-refractivity contribution in [1.82, 2.24) is 4.98 Å². The van der Waals surface area contributed by atoms with Crippen molar-refractivity contribution in [3.8, 4) is 0 Å². The van der Waals surface area contributed by atoms with Gasteiger partial charge < -0.3 is 10.4 Å². The van der Waals surface area contributed by atoms with E-state index in [1.165, 1.54) is 32.9 Å². The molecule has 2 nitrogen and oxygen atoms in total. The summed E-state index contributed by atoms with van der Waals surface area (Å²) >= 11 is 0. The number of hydrogen-bond acceptors (Lipinski definition) is 1. The highest BCUT2D eigenvalue weighted by atomic mass is 14.7. The van der Waals surface area contributed by atoms with E-state index >= 15 is 0 Å². The predicted octanol–water partition coefficient (Wildman–Crippen LogP) is 4.72. The Hall–Kier alpha value is -2.61. The molecule has 0 saturated carbocycles.